The van der Waals surface area contributed by atoms with Crippen LogP contribution in [0.4, 0.5) is 0 Å². The molecule has 0 unspecified atom stereocenters. The lowest BCUT2D eigenvalue weighted by atomic mass is 10.2. The van der Waals surface area contributed by atoms with Gasteiger partial charge in [-0.15, -0.1) is 24.0 Å². The molecule has 0 amide bonds. The Morgan fingerprint density at radius 1 is 1.19 bits per heavy atom. The summed E-state index contributed by atoms with van der Waals surface area (Å²) in [4.78, 5) is 1.54. The van der Waals surface area contributed by atoms with Crippen LogP contribution in [0.15, 0.2) is 45.5 Å². The highest BCUT2D eigenvalue weighted by atomic mass is 35.7. The molecule has 2 aromatic rings. The standard InChI is InChI=1S/C10H7ClO2S3/c11-16(12,13)9-5-1-3-7(14)10(9)8-4-2-6-15-8/h1-6,14H. The molecule has 0 aliphatic carbocycles. The average molecular weight is 291 g/mol. The lowest BCUT2D eigenvalue weighted by Gasteiger charge is -2.07. The van der Waals surface area contributed by atoms with Crippen molar-refractivity contribution in [3.63, 3.8) is 0 Å². The van der Waals surface area contributed by atoms with Crippen molar-refractivity contribution in [2.45, 2.75) is 9.79 Å². The molecule has 1 heterocycles. The molecule has 1 aromatic carbocycles. The number of hydrogen-bond acceptors (Lipinski definition) is 4. The first-order valence-corrected chi connectivity index (χ1v) is 7.94. The molecule has 0 bridgehead atoms. The summed E-state index contributed by atoms with van der Waals surface area (Å²) in [6.45, 7) is 0. The van der Waals surface area contributed by atoms with E-state index in [2.05, 4.69) is 12.6 Å². The number of thiol groups is 1. The van der Waals surface area contributed by atoms with Crippen molar-refractivity contribution in [3.05, 3.63) is 35.7 Å². The van der Waals surface area contributed by atoms with Gasteiger partial charge in [-0.2, -0.15) is 0 Å². The summed E-state index contributed by atoms with van der Waals surface area (Å²) < 4.78 is 22.9. The molecule has 0 radical (unpaired) electrons. The Balaban J connectivity index is 2.78. The minimum absolute atomic E-state index is 0.101. The second-order valence-corrected chi connectivity index (χ2v) is 7.03. The molecule has 0 saturated carbocycles. The van der Waals surface area contributed by atoms with Crippen LogP contribution in [0.1, 0.15) is 0 Å². The fourth-order valence-corrected chi connectivity index (χ4v) is 3.82. The first kappa shape index (κ1) is 12.0. The summed E-state index contributed by atoms with van der Waals surface area (Å²) in [6.07, 6.45) is 0. The summed E-state index contributed by atoms with van der Waals surface area (Å²) in [6, 6.07) is 8.53. The topological polar surface area (TPSA) is 34.1 Å². The molecular weight excluding hydrogens is 284 g/mol. The first-order valence-electron chi connectivity index (χ1n) is 4.30. The van der Waals surface area contributed by atoms with Gasteiger partial charge in [0.25, 0.3) is 9.05 Å². The van der Waals surface area contributed by atoms with E-state index in [4.69, 9.17) is 10.7 Å². The van der Waals surface area contributed by atoms with E-state index in [0.29, 0.717) is 10.5 Å². The second-order valence-electron chi connectivity index (χ2n) is 3.07. The summed E-state index contributed by atoms with van der Waals surface area (Å²) in [7, 11) is 1.64. The van der Waals surface area contributed by atoms with Gasteiger partial charge < -0.3 is 0 Å². The fraction of sp³-hybridized carbons (Fsp3) is 0. The largest absolute Gasteiger partial charge is 0.261 e. The van der Waals surface area contributed by atoms with Crippen LogP contribution >= 0.6 is 34.6 Å². The van der Waals surface area contributed by atoms with Crippen LogP contribution < -0.4 is 0 Å². The number of rotatable bonds is 2. The van der Waals surface area contributed by atoms with Gasteiger partial charge in [-0.05, 0) is 23.6 Å². The van der Waals surface area contributed by atoms with Crippen molar-refractivity contribution in [2.75, 3.05) is 0 Å². The van der Waals surface area contributed by atoms with Crippen LogP contribution in [0.3, 0.4) is 0 Å². The molecule has 0 aliphatic heterocycles. The average Bonchev–Trinajstić information content (AvgIpc) is 2.68. The number of benzene rings is 1. The third kappa shape index (κ3) is 2.27. The molecule has 0 fully saturated rings. The van der Waals surface area contributed by atoms with Gasteiger partial charge in [0.15, 0.2) is 0 Å². The summed E-state index contributed by atoms with van der Waals surface area (Å²) in [5.41, 5.74) is 0.566. The Labute approximate surface area is 108 Å². The maximum atomic E-state index is 11.4. The zero-order valence-corrected chi connectivity index (χ0v) is 11.2. The fourth-order valence-electron chi connectivity index (χ4n) is 1.39. The lowest BCUT2D eigenvalue weighted by Crippen LogP contribution is -1.94. The van der Waals surface area contributed by atoms with Gasteiger partial charge >= 0.3 is 0 Å². The van der Waals surface area contributed by atoms with E-state index in [1.54, 1.807) is 12.1 Å². The molecule has 16 heavy (non-hydrogen) atoms. The molecule has 0 N–H and O–H groups in total. The third-order valence-electron chi connectivity index (χ3n) is 2.03. The predicted octanol–water partition coefficient (Wildman–Crippen LogP) is 3.63. The maximum absolute atomic E-state index is 11.4. The molecule has 0 spiro atoms. The molecule has 2 rings (SSSR count). The van der Waals surface area contributed by atoms with Gasteiger partial charge in [0, 0.05) is 26.0 Å². The predicted molar refractivity (Wildman–Crippen MR) is 70.0 cm³/mol. The minimum atomic E-state index is -3.75. The molecule has 2 nitrogen and oxygen atoms in total. The Hall–Kier alpha value is -0.490. The van der Waals surface area contributed by atoms with E-state index < -0.39 is 9.05 Å². The lowest BCUT2D eigenvalue weighted by molar-refractivity contribution is 0.609. The van der Waals surface area contributed by atoms with E-state index in [1.807, 2.05) is 17.5 Å². The molecule has 0 aliphatic rings. The molecule has 84 valence electrons. The van der Waals surface area contributed by atoms with Crippen LogP contribution in [0, 0.1) is 0 Å². The third-order valence-corrected chi connectivity index (χ3v) is 4.66. The monoisotopic (exact) mass is 290 g/mol. The summed E-state index contributed by atoms with van der Waals surface area (Å²) in [5, 5.41) is 1.88. The Bertz CT molecular complexity index is 603. The molecule has 0 saturated heterocycles. The number of halogens is 1. The van der Waals surface area contributed by atoms with E-state index in [1.165, 1.54) is 17.4 Å². The van der Waals surface area contributed by atoms with Gasteiger partial charge in [-0.1, -0.05) is 12.1 Å². The smallest absolute Gasteiger partial charge is 0.207 e. The Morgan fingerprint density at radius 3 is 2.50 bits per heavy atom. The first-order chi connectivity index (χ1) is 7.50. The molecular formula is C10H7ClO2S3. The highest BCUT2D eigenvalue weighted by Crippen LogP contribution is 2.36. The Kier molecular flexibility index (Phi) is 3.30. The molecule has 0 atom stereocenters. The van der Waals surface area contributed by atoms with Gasteiger partial charge in [-0.3, -0.25) is 0 Å². The quantitative estimate of drug-likeness (QED) is 0.677. The second kappa shape index (κ2) is 4.41. The van der Waals surface area contributed by atoms with Crippen LogP contribution in [0.5, 0.6) is 0 Å². The van der Waals surface area contributed by atoms with Gasteiger partial charge in [0.2, 0.25) is 0 Å². The highest BCUT2D eigenvalue weighted by Gasteiger charge is 2.19. The van der Waals surface area contributed by atoms with Crippen LogP contribution in [-0.2, 0) is 9.05 Å². The maximum Gasteiger partial charge on any atom is 0.261 e. The van der Waals surface area contributed by atoms with E-state index in [-0.39, 0.29) is 4.90 Å². The number of thiophene rings is 1. The minimum Gasteiger partial charge on any atom is -0.207 e. The van der Waals surface area contributed by atoms with Crippen molar-refractivity contribution < 1.29 is 8.42 Å². The van der Waals surface area contributed by atoms with Crippen LogP contribution in [0.2, 0.25) is 0 Å². The Morgan fingerprint density at radius 2 is 1.94 bits per heavy atom. The van der Waals surface area contributed by atoms with Crippen molar-refractivity contribution in [2.24, 2.45) is 0 Å². The van der Waals surface area contributed by atoms with Crippen LogP contribution in [-0.4, -0.2) is 8.42 Å². The van der Waals surface area contributed by atoms with Crippen molar-refractivity contribution in [1.82, 2.24) is 0 Å². The molecule has 6 heteroatoms. The van der Waals surface area contributed by atoms with Crippen molar-refractivity contribution in [3.8, 4) is 10.4 Å². The normalized spacial score (nSPS) is 11.6. The number of hydrogen-bond donors (Lipinski definition) is 1. The zero-order chi connectivity index (χ0) is 11.8. The SMILES string of the molecule is O=S(=O)(Cl)c1cccc(S)c1-c1cccs1. The van der Waals surface area contributed by atoms with E-state index >= 15 is 0 Å². The highest BCUT2D eigenvalue weighted by molar-refractivity contribution is 8.13. The zero-order valence-electron chi connectivity index (χ0n) is 7.92. The van der Waals surface area contributed by atoms with E-state index in [9.17, 15) is 8.42 Å². The van der Waals surface area contributed by atoms with Gasteiger partial charge in [-0.25, -0.2) is 8.42 Å². The van der Waals surface area contributed by atoms with E-state index in [0.717, 1.165) is 4.88 Å². The summed E-state index contributed by atoms with van der Waals surface area (Å²) in [5.74, 6) is 0. The van der Waals surface area contributed by atoms with Crippen LogP contribution in [0.25, 0.3) is 10.4 Å². The van der Waals surface area contributed by atoms with Gasteiger partial charge in [0.05, 0.1) is 4.90 Å². The van der Waals surface area contributed by atoms with Crippen molar-refractivity contribution in [1.29, 1.82) is 0 Å². The molecule has 1 aromatic heterocycles. The summed E-state index contributed by atoms with van der Waals surface area (Å²) >= 11 is 5.72. The van der Waals surface area contributed by atoms with Crippen molar-refractivity contribution >= 4 is 43.7 Å². The van der Waals surface area contributed by atoms with Gasteiger partial charge in [0.1, 0.15) is 0 Å².